The van der Waals surface area contributed by atoms with Crippen LogP contribution in [0.2, 0.25) is 0 Å². The first-order chi connectivity index (χ1) is 8.50. The summed E-state index contributed by atoms with van der Waals surface area (Å²) < 4.78 is 0. The number of nitrogens with two attached hydrogens (primary N) is 1. The van der Waals surface area contributed by atoms with Crippen molar-refractivity contribution < 1.29 is 19.8 Å². The molecule has 0 aliphatic rings. The Kier molecular flexibility index (Phi) is 2.68. The molecule has 1 aromatic heterocycles. The second-order valence-corrected chi connectivity index (χ2v) is 3.42. The number of primary amides is 1. The first kappa shape index (κ1) is 11.6. The average molecular weight is 248 g/mol. The van der Waals surface area contributed by atoms with Gasteiger partial charge in [-0.2, -0.15) is 15.4 Å². The van der Waals surface area contributed by atoms with E-state index in [1.807, 2.05) is 0 Å². The summed E-state index contributed by atoms with van der Waals surface area (Å²) in [6.45, 7) is 0. The third-order valence-electron chi connectivity index (χ3n) is 2.28. The van der Waals surface area contributed by atoms with Gasteiger partial charge in [-0.25, -0.2) is 4.79 Å². The maximum absolute atomic E-state index is 11.1. The van der Waals surface area contributed by atoms with Gasteiger partial charge in [0.2, 0.25) is 0 Å². The second kappa shape index (κ2) is 4.17. The zero-order valence-corrected chi connectivity index (χ0v) is 8.91. The smallest absolute Gasteiger partial charge is 0.339 e. The first-order valence-corrected chi connectivity index (χ1v) is 4.78. The lowest BCUT2D eigenvalue weighted by Crippen LogP contribution is -2.12. The SMILES string of the molecule is NC(=O)c1n[nH]nc1-c1ccc(C(=O)O)c(O)c1. The maximum atomic E-state index is 11.1. The van der Waals surface area contributed by atoms with Crippen LogP contribution in [-0.2, 0) is 0 Å². The third kappa shape index (κ3) is 1.86. The fourth-order valence-electron chi connectivity index (χ4n) is 1.46. The number of carboxylic acids is 1. The van der Waals surface area contributed by atoms with E-state index >= 15 is 0 Å². The highest BCUT2D eigenvalue weighted by atomic mass is 16.4. The van der Waals surface area contributed by atoms with Gasteiger partial charge in [-0.1, -0.05) is 6.07 Å². The number of H-pyrrole nitrogens is 1. The van der Waals surface area contributed by atoms with Crippen molar-refractivity contribution in [3.63, 3.8) is 0 Å². The summed E-state index contributed by atoms with van der Waals surface area (Å²) in [6, 6.07) is 3.77. The number of aromatic hydroxyl groups is 1. The van der Waals surface area contributed by atoms with Crippen molar-refractivity contribution in [3.8, 4) is 17.0 Å². The van der Waals surface area contributed by atoms with E-state index in [9.17, 15) is 14.7 Å². The average Bonchev–Trinajstić information content (AvgIpc) is 2.77. The lowest BCUT2D eigenvalue weighted by molar-refractivity contribution is 0.0693. The summed E-state index contributed by atoms with van der Waals surface area (Å²) >= 11 is 0. The van der Waals surface area contributed by atoms with Crippen molar-refractivity contribution >= 4 is 11.9 Å². The monoisotopic (exact) mass is 248 g/mol. The largest absolute Gasteiger partial charge is 0.507 e. The van der Waals surface area contributed by atoms with E-state index in [1.165, 1.54) is 18.2 Å². The number of hydrogen-bond donors (Lipinski definition) is 4. The van der Waals surface area contributed by atoms with Gasteiger partial charge in [-0.05, 0) is 12.1 Å². The van der Waals surface area contributed by atoms with Gasteiger partial charge in [0.05, 0.1) is 0 Å². The summed E-state index contributed by atoms with van der Waals surface area (Å²) in [6.07, 6.45) is 0. The van der Waals surface area contributed by atoms with E-state index in [2.05, 4.69) is 15.4 Å². The summed E-state index contributed by atoms with van der Waals surface area (Å²) in [5.74, 6) is -2.46. The van der Waals surface area contributed by atoms with Gasteiger partial charge in [-0.15, -0.1) is 0 Å². The first-order valence-electron chi connectivity index (χ1n) is 4.78. The minimum absolute atomic E-state index is 0.0857. The number of aromatic amines is 1. The fraction of sp³-hybridized carbons (Fsp3) is 0. The normalized spacial score (nSPS) is 10.2. The van der Waals surface area contributed by atoms with Gasteiger partial charge < -0.3 is 15.9 Å². The van der Waals surface area contributed by atoms with E-state index in [0.717, 1.165) is 0 Å². The Balaban J connectivity index is 2.52. The van der Waals surface area contributed by atoms with Crippen molar-refractivity contribution in [2.75, 3.05) is 0 Å². The molecule has 8 nitrogen and oxygen atoms in total. The Morgan fingerprint density at radius 2 is 2.00 bits per heavy atom. The van der Waals surface area contributed by atoms with Crippen LogP contribution in [-0.4, -0.2) is 37.5 Å². The van der Waals surface area contributed by atoms with Gasteiger partial charge >= 0.3 is 5.97 Å². The zero-order valence-electron chi connectivity index (χ0n) is 8.91. The predicted octanol–water partition coefficient (Wildman–Crippen LogP) is -0.0256. The molecule has 0 saturated heterocycles. The minimum atomic E-state index is -1.26. The number of phenols is 1. The third-order valence-corrected chi connectivity index (χ3v) is 2.28. The Hall–Kier alpha value is -2.90. The Morgan fingerprint density at radius 3 is 2.56 bits per heavy atom. The molecule has 0 atom stereocenters. The molecule has 1 amide bonds. The molecule has 2 aromatic rings. The van der Waals surface area contributed by atoms with Crippen molar-refractivity contribution in [1.29, 1.82) is 0 Å². The quantitative estimate of drug-likeness (QED) is 0.600. The topological polar surface area (TPSA) is 142 Å². The molecule has 0 aliphatic heterocycles. The number of aromatic carboxylic acids is 1. The Morgan fingerprint density at radius 1 is 1.28 bits per heavy atom. The van der Waals surface area contributed by atoms with Gasteiger partial charge in [-0.3, -0.25) is 4.79 Å². The lowest BCUT2D eigenvalue weighted by Gasteiger charge is -2.02. The number of carboxylic acid groups (broad SMARTS) is 1. The zero-order chi connectivity index (χ0) is 13.3. The van der Waals surface area contributed by atoms with Crippen molar-refractivity contribution in [3.05, 3.63) is 29.5 Å². The van der Waals surface area contributed by atoms with Crippen LogP contribution in [0.5, 0.6) is 5.75 Å². The molecule has 8 heteroatoms. The van der Waals surface area contributed by atoms with Gasteiger partial charge in [0, 0.05) is 5.56 Å². The number of nitrogens with zero attached hydrogens (tertiary/aromatic N) is 2. The van der Waals surface area contributed by atoms with E-state index in [4.69, 9.17) is 10.8 Å². The molecule has 0 bridgehead atoms. The van der Waals surface area contributed by atoms with Crippen LogP contribution in [0, 0.1) is 0 Å². The van der Waals surface area contributed by atoms with E-state index in [0.29, 0.717) is 5.56 Å². The van der Waals surface area contributed by atoms with Crippen molar-refractivity contribution in [2.24, 2.45) is 5.73 Å². The predicted molar refractivity (Wildman–Crippen MR) is 59.0 cm³/mol. The number of benzene rings is 1. The molecule has 0 fully saturated rings. The van der Waals surface area contributed by atoms with E-state index in [1.54, 1.807) is 0 Å². The molecule has 1 heterocycles. The number of nitrogens with one attached hydrogen (secondary N) is 1. The molecule has 92 valence electrons. The molecule has 18 heavy (non-hydrogen) atoms. The highest BCUT2D eigenvalue weighted by Crippen LogP contribution is 2.26. The molecular weight excluding hydrogens is 240 g/mol. The molecule has 1 aromatic carbocycles. The summed E-state index contributed by atoms with van der Waals surface area (Å²) in [4.78, 5) is 21.8. The molecule has 0 saturated carbocycles. The van der Waals surface area contributed by atoms with E-state index in [-0.39, 0.29) is 17.0 Å². The number of carbonyl (C=O) groups is 2. The highest BCUT2D eigenvalue weighted by molar-refractivity contribution is 5.97. The van der Waals surface area contributed by atoms with Crippen molar-refractivity contribution in [1.82, 2.24) is 15.4 Å². The Labute approximate surface area is 100 Å². The summed E-state index contributed by atoms with van der Waals surface area (Å²) in [7, 11) is 0. The van der Waals surface area contributed by atoms with Crippen LogP contribution in [0.3, 0.4) is 0 Å². The molecule has 5 N–H and O–H groups in total. The van der Waals surface area contributed by atoms with Crippen LogP contribution < -0.4 is 5.73 Å². The number of hydrogen-bond acceptors (Lipinski definition) is 5. The highest BCUT2D eigenvalue weighted by Gasteiger charge is 2.17. The van der Waals surface area contributed by atoms with Gasteiger partial charge in [0.1, 0.15) is 17.0 Å². The van der Waals surface area contributed by atoms with Crippen LogP contribution in [0.4, 0.5) is 0 Å². The summed E-state index contributed by atoms with van der Waals surface area (Å²) in [5, 5.41) is 27.8. The van der Waals surface area contributed by atoms with Gasteiger partial charge in [0.25, 0.3) is 5.91 Å². The van der Waals surface area contributed by atoms with Crippen LogP contribution in [0.15, 0.2) is 18.2 Å². The summed E-state index contributed by atoms with van der Waals surface area (Å²) in [5.41, 5.74) is 5.24. The number of rotatable bonds is 3. The second-order valence-electron chi connectivity index (χ2n) is 3.42. The molecule has 0 spiro atoms. The number of carbonyl (C=O) groups excluding carboxylic acids is 1. The maximum Gasteiger partial charge on any atom is 0.339 e. The standard InChI is InChI=1S/C10H8N4O4/c11-9(16)8-7(12-14-13-8)4-1-2-5(10(17)18)6(15)3-4/h1-3,15H,(H2,11,16)(H,17,18)(H,12,13,14). The molecule has 0 unspecified atom stereocenters. The number of aromatic nitrogens is 3. The van der Waals surface area contributed by atoms with Crippen LogP contribution in [0.1, 0.15) is 20.8 Å². The van der Waals surface area contributed by atoms with Crippen LogP contribution >= 0.6 is 0 Å². The van der Waals surface area contributed by atoms with E-state index < -0.39 is 17.6 Å². The molecule has 0 radical (unpaired) electrons. The van der Waals surface area contributed by atoms with Gasteiger partial charge in [0.15, 0.2) is 5.69 Å². The lowest BCUT2D eigenvalue weighted by atomic mass is 10.1. The molecule has 2 rings (SSSR count). The molecular formula is C10H8N4O4. The number of amides is 1. The fourth-order valence-corrected chi connectivity index (χ4v) is 1.46. The van der Waals surface area contributed by atoms with Crippen LogP contribution in [0.25, 0.3) is 11.3 Å². The Bertz CT molecular complexity index is 635. The van der Waals surface area contributed by atoms with Crippen molar-refractivity contribution in [2.45, 2.75) is 0 Å². The minimum Gasteiger partial charge on any atom is -0.507 e. The molecule has 0 aliphatic carbocycles.